The molecule has 2 heterocycles. The molecule has 2 rings (SSSR count). The number of amides is 1. The first-order valence-corrected chi connectivity index (χ1v) is 9.39. The van der Waals surface area contributed by atoms with E-state index in [2.05, 4.69) is 18.8 Å². The zero-order chi connectivity index (χ0) is 17.4. The number of nitrogens with zero attached hydrogens (tertiary/aromatic N) is 2. The minimum atomic E-state index is 0. The van der Waals surface area contributed by atoms with Crippen molar-refractivity contribution >= 4 is 17.5 Å². The lowest BCUT2D eigenvalue weighted by Gasteiger charge is -2.32. The zero-order valence-corrected chi connectivity index (χ0v) is 16.7. The highest BCUT2D eigenvalue weighted by Crippen LogP contribution is 2.19. The number of likely N-dealkylation sites (tertiary alicyclic amines) is 1. The number of pyridine rings is 1. The van der Waals surface area contributed by atoms with Gasteiger partial charge in [-0.1, -0.05) is 11.6 Å². The summed E-state index contributed by atoms with van der Waals surface area (Å²) >= 11 is 6.03. The maximum Gasteiger partial charge on any atom is 0.232 e. The highest BCUT2D eigenvalue weighted by Gasteiger charge is 2.30. The molecule has 1 saturated heterocycles. The second-order valence-electron chi connectivity index (χ2n) is 6.30. The van der Waals surface area contributed by atoms with Crippen LogP contribution in [0.1, 0.15) is 33.1 Å². The van der Waals surface area contributed by atoms with E-state index in [0.717, 1.165) is 52.0 Å². The molecule has 1 aromatic heterocycles. The van der Waals surface area contributed by atoms with Gasteiger partial charge in [-0.3, -0.25) is 4.79 Å². The average molecular weight is 390 g/mol. The van der Waals surface area contributed by atoms with Crippen LogP contribution in [0.15, 0.2) is 18.3 Å². The number of quaternary nitrogens is 1. The van der Waals surface area contributed by atoms with Crippen LogP contribution in [0.25, 0.3) is 0 Å². The van der Waals surface area contributed by atoms with Gasteiger partial charge in [0, 0.05) is 25.7 Å². The number of carbonyl (C=O) groups excluding carboxylic acids is 1. The Morgan fingerprint density at radius 1 is 1.44 bits per heavy atom. The van der Waals surface area contributed by atoms with Crippen molar-refractivity contribution in [2.24, 2.45) is 5.92 Å². The van der Waals surface area contributed by atoms with E-state index in [1.807, 2.05) is 4.90 Å². The van der Waals surface area contributed by atoms with E-state index in [1.165, 1.54) is 4.90 Å². The molecule has 0 bridgehead atoms. The number of ether oxygens (including phenoxy) is 1. The molecule has 0 spiro atoms. The molecule has 0 saturated carbocycles. The molecule has 25 heavy (non-hydrogen) atoms. The van der Waals surface area contributed by atoms with Crippen LogP contribution in [-0.4, -0.2) is 55.1 Å². The van der Waals surface area contributed by atoms with E-state index in [4.69, 9.17) is 16.3 Å². The van der Waals surface area contributed by atoms with Crippen molar-refractivity contribution in [2.75, 3.05) is 39.3 Å². The number of piperidine rings is 1. The first-order valence-electron chi connectivity index (χ1n) is 9.01. The Balaban J connectivity index is 0.00000312. The van der Waals surface area contributed by atoms with Gasteiger partial charge in [-0.2, -0.15) is 0 Å². The van der Waals surface area contributed by atoms with Crippen LogP contribution in [0, 0.1) is 5.92 Å². The van der Waals surface area contributed by atoms with Gasteiger partial charge in [0.2, 0.25) is 11.8 Å². The lowest BCUT2D eigenvalue weighted by Crippen LogP contribution is -3.13. The third kappa shape index (κ3) is 6.65. The van der Waals surface area contributed by atoms with Crippen LogP contribution in [0.5, 0.6) is 5.88 Å². The second kappa shape index (κ2) is 11.6. The number of hydrogen-bond donors (Lipinski definition) is 1. The van der Waals surface area contributed by atoms with Crippen molar-refractivity contribution in [3.05, 3.63) is 23.4 Å². The lowest BCUT2D eigenvalue weighted by molar-refractivity contribution is -0.907. The molecule has 1 N–H and O–H groups in total. The summed E-state index contributed by atoms with van der Waals surface area (Å²) in [4.78, 5) is 20.1. The topological polar surface area (TPSA) is 46.9 Å². The second-order valence-corrected chi connectivity index (χ2v) is 6.70. The van der Waals surface area contributed by atoms with Crippen LogP contribution in [-0.2, 0) is 4.79 Å². The Bertz CT molecular complexity index is 527. The van der Waals surface area contributed by atoms with Gasteiger partial charge >= 0.3 is 0 Å². The fraction of sp³-hybridized carbons (Fsp3) is 0.667. The maximum absolute atomic E-state index is 12.5. The maximum atomic E-state index is 12.5. The summed E-state index contributed by atoms with van der Waals surface area (Å²) in [6.45, 7) is 9.43. The fourth-order valence-electron chi connectivity index (χ4n) is 3.35. The molecule has 0 aromatic carbocycles. The van der Waals surface area contributed by atoms with Crippen LogP contribution in [0.3, 0.4) is 0 Å². The quantitative estimate of drug-likeness (QED) is 0.560. The monoisotopic (exact) mass is 389 g/mol. The normalized spacial score (nSPS) is 19.8. The van der Waals surface area contributed by atoms with Crippen molar-refractivity contribution in [1.29, 1.82) is 0 Å². The zero-order valence-electron chi connectivity index (χ0n) is 15.1. The molecule has 0 aliphatic carbocycles. The minimum Gasteiger partial charge on any atom is -1.00 e. The van der Waals surface area contributed by atoms with Gasteiger partial charge in [-0.05, 0) is 38.8 Å². The molecular weight excluding hydrogens is 361 g/mol. The van der Waals surface area contributed by atoms with Crippen molar-refractivity contribution in [2.45, 2.75) is 33.1 Å². The number of halogens is 2. The number of rotatable bonds is 8. The Labute approximate surface area is 162 Å². The molecule has 7 heteroatoms. The van der Waals surface area contributed by atoms with Crippen molar-refractivity contribution in [3.63, 3.8) is 0 Å². The van der Waals surface area contributed by atoms with E-state index in [9.17, 15) is 4.79 Å². The standard InChI is InChI=1S/C18H28ClN3O2.ClH/c1-3-22(4-2)18(23)15-8-6-11-21(14-15)12-7-13-24-17-16(19)9-5-10-20-17;/h5,9-10,15H,3-4,6-8,11-14H2,1-2H3;1H. The largest absolute Gasteiger partial charge is 1.00 e. The van der Waals surface area contributed by atoms with E-state index in [-0.39, 0.29) is 18.3 Å². The summed E-state index contributed by atoms with van der Waals surface area (Å²) in [7, 11) is 0. The minimum absolute atomic E-state index is 0. The first kappa shape index (κ1) is 22.0. The Morgan fingerprint density at radius 2 is 2.20 bits per heavy atom. The smallest absolute Gasteiger partial charge is 0.232 e. The molecule has 5 nitrogen and oxygen atoms in total. The first-order chi connectivity index (χ1) is 11.7. The molecule has 142 valence electrons. The third-order valence-electron chi connectivity index (χ3n) is 4.68. The number of aromatic nitrogens is 1. The highest BCUT2D eigenvalue weighted by atomic mass is 35.5. The molecular formula is C18H29Cl2N3O2. The molecule has 0 radical (unpaired) electrons. The summed E-state index contributed by atoms with van der Waals surface area (Å²) in [6.07, 6.45) is 4.77. The van der Waals surface area contributed by atoms with Gasteiger partial charge in [0.1, 0.15) is 5.02 Å². The molecule has 1 fully saturated rings. The summed E-state index contributed by atoms with van der Waals surface area (Å²) in [5, 5.41) is 0.549. The Kier molecular flexibility index (Phi) is 10.2. The van der Waals surface area contributed by atoms with Gasteiger partial charge in [0.05, 0.1) is 32.2 Å². The van der Waals surface area contributed by atoms with E-state index < -0.39 is 0 Å². The van der Waals surface area contributed by atoms with Gasteiger partial charge in [0.15, 0.2) is 0 Å². The van der Waals surface area contributed by atoms with Crippen molar-refractivity contribution < 1.29 is 26.8 Å². The van der Waals surface area contributed by atoms with E-state index in [1.54, 1.807) is 18.3 Å². The molecule has 1 aromatic rings. The van der Waals surface area contributed by atoms with Crippen LogP contribution in [0.2, 0.25) is 5.02 Å². The predicted octanol–water partition coefficient (Wildman–Crippen LogP) is -1.33. The van der Waals surface area contributed by atoms with Crippen LogP contribution in [0.4, 0.5) is 0 Å². The average Bonchev–Trinajstić information content (AvgIpc) is 2.61. The fourth-order valence-corrected chi connectivity index (χ4v) is 3.53. The molecule has 2 atom stereocenters. The SMILES string of the molecule is CCN(CC)C(=O)C1CCC[NH+](CCCOc2ncccc2Cl)C1.[Cl-]. The Morgan fingerprint density at radius 3 is 2.88 bits per heavy atom. The predicted molar refractivity (Wildman–Crippen MR) is 95.6 cm³/mol. The van der Waals surface area contributed by atoms with Crippen molar-refractivity contribution in [1.82, 2.24) is 9.88 Å². The third-order valence-corrected chi connectivity index (χ3v) is 4.97. The Hall–Kier alpha value is -1.04. The number of hydrogen-bond acceptors (Lipinski definition) is 3. The number of carbonyl (C=O) groups is 1. The molecule has 1 aliphatic heterocycles. The summed E-state index contributed by atoms with van der Waals surface area (Å²) in [5.74, 6) is 1.01. The van der Waals surface area contributed by atoms with Gasteiger partial charge in [-0.25, -0.2) is 4.98 Å². The van der Waals surface area contributed by atoms with E-state index in [0.29, 0.717) is 23.4 Å². The van der Waals surface area contributed by atoms with E-state index >= 15 is 0 Å². The van der Waals surface area contributed by atoms with Crippen LogP contribution < -0.4 is 22.0 Å². The molecule has 1 amide bonds. The molecule has 1 aliphatic rings. The number of nitrogens with one attached hydrogen (secondary N) is 1. The lowest BCUT2D eigenvalue weighted by atomic mass is 9.96. The summed E-state index contributed by atoms with van der Waals surface area (Å²) in [5.41, 5.74) is 0. The molecule has 2 unspecified atom stereocenters. The van der Waals surface area contributed by atoms with Gasteiger partial charge < -0.3 is 26.9 Å². The summed E-state index contributed by atoms with van der Waals surface area (Å²) < 4.78 is 5.64. The van der Waals surface area contributed by atoms with Gasteiger partial charge in [0.25, 0.3) is 0 Å². The van der Waals surface area contributed by atoms with Crippen molar-refractivity contribution in [3.8, 4) is 5.88 Å². The highest BCUT2D eigenvalue weighted by molar-refractivity contribution is 6.31. The van der Waals surface area contributed by atoms with Gasteiger partial charge in [-0.15, -0.1) is 0 Å². The van der Waals surface area contributed by atoms with Crippen LogP contribution >= 0.6 is 11.6 Å². The summed E-state index contributed by atoms with van der Waals surface area (Å²) in [6, 6.07) is 3.57.